The fourth-order valence-corrected chi connectivity index (χ4v) is 1.86. The van der Waals surface area contributed by atoms with Gasteiger partial charge in [0.05, 0.1) is 12.7 Å². The standard InChI is InChI=1S/C13H13ClN2O4/c1-19-10-7-8(14)5-6-9(10)13-16-15-11(20-13)3-2-4-12(17)18/h5-7H,2-4H2,1H3,(H,17,18). The van der Waals surface area contributed by atoms with Crippen LogP contribution in [0, 0.1) is 0 Å². The minimum atomic E-state index is -0.843. The summed E-state index contributed by atoms with van der Waals surface area (Å²) in [7, 11) is 1.53. The maximum Gasteiger partial charge on any atom is 0.303 e. The first-order valence-electron chi connectivity index (χ1n) is 5.98. The summed E-state index contributed by atoms with van der Waals surface area (Å²) in [6, 6.07) is 5.09. The molecule has 7 heteroatoms. The van der Waals surface area contributed by atoms with Crippen LogP contribution in [0.3, 0.4) is 0 Å². The zero-order valence-corrected chi connectivity index (χ0v) is 11.6. The van der Waals surface area contributed by atoms with Gasteiger partial charge in [0.2, 0.25) is 5.89 Å². The van der Waals surface area contributed by atoms with Crippen LogP contribution in [-0.4, -0.2) is 28.4 Å². The molecule has 1 aromatic heterocycles. The molecular formula is C13H13ClN2O4. The monoisotopic (exact) mass is 296 g/mol. The highest BCUT2D eigenvalue weighted by atomic mass is 35.5. The maximum absolute atomic E-state index is 10.4. The van der Waals surface area contributed by atoms with Crippen LogP contribution in [0.2, 0.25) is 5.02 Å². The van der Waals surface area contributed by atoms with Crippen LogP contribution in [0.25, 0.3) is 11.5 Å². The summed E-state index contributed by atoms with van der Waals surface area (Å²) < 4.78 is 10.7. The Balaban J connectivity index is 2.14. The van der Waals surface area contributed by atoms with Crippen LogP contribution in [0.4, 0.5) is 0 Å². The van der Waals surface area contributed by atoms with Crippen molar-refractivity contribution < 1.29 is 19.1 Å². The number of nitrogens with zero attached hydrogens (tertiary/aromatic N) is 2. The third-order valence-corrected chi connectivity index (χ3v) is 2.88. The lowest BCUT2D eigenvalue weighted by molar-refractivity contribution is -0.137. The lowest BCUT2D eigenvalue weighted by Crippen LogP contribution is -1.95. The second-order valence-corrected chi connectivity index (χ2v) is 4.53. The highest BCUT2D eigenvalue weighted by Crippen LogP contribution is 2.31. The molecule has 0 saturated heterocycles. The normalized spacial score (nSPS) is 10.5. The fourth-order valence-electron chi connectivity index (χ4n) is 1.70. The van der Waals surface area contributed by atoms with Gasteiger partial charge in [0.1, 0.15) is 5.75 Å². The number of aliphatic carboxylic acids is 1. The molecule has 0 atom stereocenters. The molecule has 0 radical (unpaired) electrons. The number of benzene rings is 1. The van der Waals surface area contributed by atoms with Crippen LogP contribution >= 0.6 is 11.6 Å². The summed E-state index contributed by atoms with van der Waals surface area (Å²) in [6.45, 7) is 0. The van der Waals surface area contributed by atoms with Gasteiger partial charge in [0, 0.05) is 17.9 Å². The van der Waals surface area contributed by atoms with E-state index in [4.69, 9.17) is 25.9 Å². The van der Waals surface area contributed by atoms with E-state index in [1.807, 2.05) is 0 Å². The number of rotatable bonds is 6. The minimum Gasteiger partial charge on any atom is -0.496 e. The molecule has 20 heavy (non-hydrogen) atoms. The number of halogens is 1. The molecule has 0 amide bonds. The number of carboxylic acids is 1. The first kappa shape index (κ1) is 14.3. The molecule has 0 saturated carbocycles. The van der Waals surface area contributed by atoms with E-state index in [2.05, 4.69) is 10.2 Å². The molecule has 0 bridgehead atoms. The van der Waals surface area contributed by atoms with E-state index >= 15 is 0 Å². The zero-order valence-electron chi connectivity index (χ0n) is 10.8. The molecular weight excluding hydrogens is 284 g/mol. The number of ether oxygens (including phenoxy) is 1. The Hall–Kier alpha value is -2.08. The molecule has 1 N–H and O–H groups in total. The van der Waals surface area contributed by atoms with Crippen molar-refractivity contribution in [2.75, 3.05) is 7.11 Å². The van der Waals surface area contributed by atoms with Gasteiger partial charge in [-0.3, -0.25) is 4.79 Å². The summed E-state index contributed by atoms with van der Waals surface area (Å²) in [4.78, 5) is 10.4. The third kappa shape index (κ3) is 3.48. The molecule has 0 aliphatic carbocycles. The van der Waals surface area contributed by atoms with Gasteiger partial charge >= 0.3 is 5.97 Å². The molecule has 2 aromatic rings. The van der Waals surface area contributed by atoms with Crippen molar-refractivity contribution in [3.63, 3.8) is 0 Å². The first-order valence-corrected chi connectivity index (χ1v) is 6.36. The highest BCUT2D eigenvalue weighted by molar-refractivity contribution is 6.30. The molecule has 0 aliphatic rings. The van der Waals surface area contributed by atoms with Crippen LogP contribution in [0.5, 0.6) is 5.75 Å². The number of aryl methyl sites for hydroxylation is 1. The highest BCUT2D eigenvalue weighted by Gasteiger charge is 2.14. The zero-order chi connectivity index (χ0) is 14.5. The molecule has 0 unspecified atom stereocenters. The predicted octanol–water partition coefficient (Wildman–Crippen LogP) is 2.81. The maximum atomic E-state index is 10.4. The van der Waals surface area contributed by atoms with Crippen LogP contribution in [0.15, 0.2) is 22.6 Å². The van der Waals surface area contributed by atoms with Crippen molar-refractivity contribution in [3.05, 3.63) is 29.1 Å². The van der Waals surface area contributed by atoms with Crippen molar-refractivity contribution >= 4 is 17.6 Å². The van der Waals surface area contributed by atoms with E-state index < -0.39 is 5.97 Å². The molecule has 2 rings (SSSR count). The number of aromatic nitrogens is 2. The lowest BCUT2D eigenvalue weighted by atomic mass is 10.2. The van der Waals surface area contributed by atoms with E-state index in [9.17, 15) is 4.79 Å². The molecule has 6 nitrogen and oxygen atoms in total. The minimum absolute atomic E-state index is 0.0714. The SMILES string of the molecule is COc1cc(Cl)ccc1-c1nnc(CCCC(=O)O)o1. The fraction of sp³-hybridized carbons (Fsp3) is 0.308. The molecule has 0 aliphatic heterocycles. The lowest BCUT2D eigenvalue weighted by Gasteiger charge is -2.04. The van der Waals surface area contributed by atoms with Gasteiger partial charge in [-0.25, -0.2) is 0 Å². The number of hydrogen-bond donors (Lipinski definition) is 1. The molecule has 0 spiro atoms. The number of carboxylic acid groups (broad SMARTS) is 1. The predicted molar refractivity (Wildman–Crippen MR) is 71.9 cm³/mol. The van der Waals surface area contributed by atoms with Crippen molar-refractivity contribution in [2.24, 2.45) is 0 Å². The molecule has 106 valence electrons. The topological polar surface area (TPSA) is 85.5 Å². The van der Waals surface area contributed by atoms with E-state index in [1.165, 1.54) is 7.11 Å². The Bertz CT molecular complexity index is 612. The Morgan fingerprint density at radius 3 is 2.95 bits per heavy atom. The Morgan fingerprint density at radius 1 is 1.45 bits per heavy atom. The summed E-state index contributed by atoms with van der Waals surface area (Å²) in [5.41, 5.74) is 0.647. The number of hydrogen-bond acceptors (Lipinski definition) is 5. The first-order chi connectivity index (χ1) is 9.60. The molecule has 1 aromatic carbocycles. The average Bonchev–Trinajstić information content (AvgIpc) is 2.86. The summed E-state index contributed by atoms with van der Waals surface area (Å²) in [5, 5.41) is 16.9. The van der Waals surface area contributed by atoms with Crippen molar-refractivity contribution in [3.8, 4) is 17.2 Å². The van der Waals surface area contributed by atoms with Crippen LogP contribution < -0.4 is 4.74 Å². The van der Waals surface area contributed by atoms with E-state index in [0.29, 0.717) is 41.0 Å². The van der Waals surface area contributed by atoms with Gasteiger partial charge in [-0.15, -0.1) is 10.2 Å². The van der Waals surface area contributed by atoms with Crippen molar-refractivity contribution in [1.82, 2.24) is 10.2 Å². The summed E-state index contributed by atoms with van der Waals surface area (Å²) in [5.74, 6) is 0.421. The largest absolute Gasteiger partial charge is 0.496 e. The summed E-state index contributed by atoms with van der Waals surface area (Å²) in [6.07, 6.45) is 0.950. The smallest absolute Gasteiger partial charge is 0.303 e. The third-order valence-electron chi connectivity index (χ3n) is 2.64. The number of carbonyl (C=O) groups is 1. The van der Waals surface area contributed by atoms with Gasteiger partial charge < -0.3 is 14.3 Å². The van der Waals surface area contributed by atoms with Gasteiger partial charge in [-0.05, 0) is 24.6 Å². The molecule has 1 heterocycles. The van der Waals surface area contributed by atoms with Crippen LogP contribution in [0.1, 0.15) is 18.7 Å². The Morgan fingerprint density at radius 2 is 2.25 bits per heavy atom. The molecule has 0 fully saturated rings. The number of methoxy groups -OCH3 is 1. The second-order valence-electron chi connectivity index (χ2n) is 4.09. The average molecular weight is 297 g/mol. The van der Waals surface area contributed by atoms with E-state index in [0.717, 1.165) is 0 Å². The van der Waals surface area contributed by atoms with Gasteiger partial charge in [-0.1, -0.05) is 11.6 Å². The quantitative estimate of drug-likeness (QED) is 0.882. The van der Waals surface area contributed by atoms with Gasteiger partial charge in [0.15, 0.2) is 0 Å². The van der Waals surface area contributed by atoms with Crippen molar-refractivity contribution in [1.29, 1.82) is 0 Å². The van der Waals surface area contributed by atoms with Crippen LogP contribution in [-0.2, 0) is 11.2 Å². The van der Waals surface area contributed by atoms with Gasteiger partial charge in [0.25, 0.3) is 5.89 Å². The summed E-state index contributed by atoms with van der Waals surface area (Å²) >= 11 is 5.88. The Labute approximate surface area is 120 Å². The second kappa shape index (κ2) is 6.38. The van der Waals surface area contributed by atoms with Gasteiger partial charge in [-0.2, -0.15) is 0 Å². The van der Waals surface area contributed by atoms with E-state index in [-0.39, 0.29) is 6.42 Å². The Kier molecular flexibility index (Phi) is 4.57. The van der Waals surface area contributed by atoms with E-state index in [1.54, 1.807) is 18.2 Å². The van der Waals surface area contributed by atoms with Crippen molar-refractivity contribution in [2.45, 2.75) is 19.3 Å².